The summed E-state index contributed by atoms with van der Waals surface area (Å²) in [4.78, 5) is 0. The lowest BCUT2D eigenvalue weighted by molar-refractivity contribution is 0.333. The molecule has 1 fully saturated rings. The highest BCUT2D eigenvalue weighted by Gasteiger charge is 2.42. The fraction of sp³-hybridized carbons (Fsp3) is 0.500. The van der Waals surface area contributed by atoms with E-state index in [1.165, 1.54) is 18.2 Å². The van der Waals surface area contributed by atoms with E-state index in [-0.39, 0.29) is 30.0 Å². The van der Waals surface area contributed by atoms with E-state index in [1.807, 2.05) is 0 Å². The molecule has 0 aromatic heterocycles. The van der Waals surface area contributed by atoms with Crippen molar-refractivity contribution in [3.63, 3.8) is 0 Å². The molecule has 0 amide bonds. The second kappa shape index (κ2) is 4.59. The number of hydrogen-bond donors (Lipinski definition) is 1. The second-order valence-electron chi connectivity index (χ2n) is 4.92. The van der Waals surface area contributed by atoms with E-state index in [0.29, 0.717) is 6.42 Å². The Labute approximate surface area is 105 Å². The van der Waals surface area contributed by atoms with E-state index in [0.717, 1.165) is 0 Å². The van der Waals surface area contributed by atoms with Crippen LogP contribution in [-0.2, 0) is 16.3 Å². The van der Waals surface area contributed by atoms with Crippen molar-refractivity contribution in [3.05, 3.63) is 35.4 Å². The SMILES string of the molecule is NCC1(Cc2c(F)cccc2F)CCS(=O)(=O)C1. The van der Waals surface area contributed by atoms with Gasteiger partial charge in [-0.15, -0.1) is 0 Å². The molecular weight excluding hydrogens is 260 g/mol. The summed E-state index contributed by atoms with van der Waals surface area (Å²) >= 11 is 0. The van der Waals surface area contributed by atoms with Crippen LogP contribution in [0.25, 0.3) is 0 Å². The molecule has 1 aromatic carbocycles. The summed E-state index contributed by atoms with van der Waals surface area (Å²) in [6, 6.07) is 3.63. The van der Waals surface area contributed by atoms with Crippen LogP contribution in [0.5, 0.6) is 0 Å². The lowest BCUT2D eigenvalue weighted by Gasteiger charge is -2.26. The van der Waals surface area contributed by atoms with Gasteiger partial charge in [-0.3, -0.25) is 0 Å². The molecular formula is C12H15F2NO2S. The van der Waals surface area contributed by atoms with Gasteiger partial charge in [-0.05, 0) is 31.5 Å². The van der Waals surface area contributed by atoms with Crippen LogP contribution >= 0.6 is 0 Å². The maximum Gasteiger partial charge on any atom is 0.150 e. The summed E-state index contributed by atoms with van der Waals surface area (Å²) in [6.45, 7) is 0.111. The minimum Gasteiger partial charge on any atom is -0.330 e. The smallest absolute Gasteiger partial charge is 0.150 e. The molecule has 3 nitrogen and oxygen atoms in total. The Balaban J connectivity index is 2.32. The molecule has 1 heterocycles. The number of benzene rings is 1. The summed E-state index contributed by atoms with van der Waals surface area (Å²) in [5.74, 6) is -1.34. The standard InChI is InChI=1S/C12H15F2NO2S/c13-10-2-1-3-11(14)9(10)6-12(7-15)4-5-18(16,17)8-12/h1-3H,4-8,15H2. The van der Waals surface area contributed by atoms with Crippen molar-refractivity contribution in [2.75, 3.05) is 18.1 Å². The molecule has 0 saturated carbocycles. The Morgan fingerprint density at radius 2 is 1.89 bits per heavy atom. The molecule has 18 heavy (non-hydrogen) atoms. The van der Waals surface area contributed by atoms with Gasteiger partial charge in [-0.2, -0.15) is 0 Å². The van der Waals surface area contributed by atoms with Crippen LogP contribution in [-0.4, -0.2) is 26.5 Å². The van der Waals surface area contributed by atoms with Gasteiger partial charge in [0.1, 0.15) is 11.6 Å². The van der Waals surface area contributed by atoms with Crippen LogP contribution in [0.4, 0.5) is 8.78 Å². The Hall–Kier alpha value is -1.01. The zero-order valence-corrected chi connectivity index (χ0v) is 10.6. The zero-order valence-electron chi connectivity index (χ0n) is 9.83. The van der Waals surface area contributed by atoms with Crippen LogP contribution in [0.15, 0.2) is 18.2 Å². The molecule has 2 rings (SSSR count). The van der Waals surface area contributed by atoms with Crippen molar-refractivity contribution in [2.45, 2.75) is 12.8 Å². The van der Waals surface area contributed by atoms with E-state index < -0.39 is 26.9 Å². The third-order valence-electron chi connectivity index (χ3n) is 3.52. The minimum absolute atomic E-state index is 0.0290. The molecule has 1 aliphatic rings. The number of sulfone groups is 1. The zero-order chi connectivity index (χ0) is 13.4. The number of nitrogens with two attached hydrogens (primary N) is 1. The normalized spacial score (nSPS) is 26.4. The minimum atomic E-state index is -3.14. The predicted molar refractivity (Wildman–Crippen MR) is 64.8 cm³/mol. The van der Waals surface area contributed by atoms with Crippen LogP contribution in [0.2, 0.25) is 0 Å². The Bertz CT molecular complexity index is 539. The maximum atomic E-state index is 13.6. The highest BCUT2D eigenvalue weighted by Crippen LogP contribution is 2.36. The van der Waals surface area contributed by atoms with Crippen LogP contribution in [0.3, 0.4) is 0 Å². The number of hydrogen-bond acceptors (Lipinski definition) is 3. The first-order chi connectivity index (χ1) is 8.37. The monoisotopic (exact) mass is 275 g/mol. The van der Waals surface area contributed by atoms with Crippen LogP contribution in [0, 0.1) is 17.0 Å². The molecule has 0 radical (unpaired) electrons. The molecule has 1 aromatic rings. The van der Waals surface area contributed by atoms with Crippen LogP contribution < -0.4 is 5.73 Å². The molecule has 0 aliphatic carbocycles. The van der Waals surface area contributed by atoms with Gasteiger partial charge in [-0.25, -0.2) is 17.2 Å². The van der Waals surface area contributed by atoms with Crippen molar-refractivity contribution in [2.24, 2.45) is 11.1 Å². The van der Waals surface area contributed by atoms with Gasteiger partial charge >= 0.3 is 0 Å². The first-order valence-electron chi connectivity index (χ1n) is 5.71. The number of halogens is 2. The molecule has 100 valence electrons. The van der Waals surface area contributed by atoms with E-state index in [4.69, 9.17) is 5.73 Å². The molecule has 1 saturated heterocycles. The molecule has 1 atom stereocenters. The molecule has 2 N–H and O–H groups in total. The number of rotatable bonds is 3. The van der Waals surface area contributed by atoms with E-state index >= 15 is 0 Å². The molecule has 1 unspecified atom stereocenters. The van der Waals surface area contributed by atoms with Gasteiger partial charge in [0.25, 0.3) is 0 Å². The Kier molecular flexibility index (Phi) is 3.42. The third-order valence-corrected chi connectivity index (χ3v) is 5.39. The van der Waals surface area contributed by atoms with E-state index in [2.05, 4.69) is 0 Å². The van der Waals surface area contributed by atoms with E-state index in [1.54, 1.807) is 0 Å². The van der Waals surface area contributed by atoms with Gasteiger partial charge in [0.05, 0.1) is 11.5 Å². The van der Waals surface area contributed by atoms with Crippen molar-refractivity contribution < 1.29 is 17.2 Å². The highest BCUT2D eigenvalue weighted by molar-refractivity contribution is 7.91. The topological polar surface area (TPSA) is 60.2 Å². The second-order valence-corrected chi connectivity index (χ2v) is 7.11. The highest BCUT2D eigenvalue weighted by atomic mass is 32.2. The Morgan fingerprint density at radius 1 is 1.28 bits per heavy atom. The van der Waals surface area contributed by atoms with Gasteiger partial charge in [0, 0.05) is 11.0 Å². The van der Waals surface area contributed by atoms with Crippen molar-refractivity contribution in [1.82, 2.24) is 0 Å². The summed E-state index contributed by atoms with van der Waals surface area (Å²) in [5.41, 5.74) is 4.82. The summed E-state index contributed by atoms with van der Waals surface area (Å²) < 4.78 is 50.2. The van der Waals surface area contributed by atoms with Gasteiger partial charge in [0.2, 0.25) is 0 Å². The summed E-state index contributed by atoms with van der Waals surface area (Å²) in [5, 5.41) is 0. The van der Waals surface area contributed by atoms with Crippen molar-refractivity contribution in [3.8, 4) is 0 Å². The summed E-state index contributed by atoms with van der Waals surface area (Å²) in [6.07, 6.45) is 0.390. The van der Waals surface area contributed by atoms with Crippen molar-refractivity contribution in [1.29, 1.82) is 0 Å². The first-order valence-corrected chi connectivity index (χ1v) is 7.53. The van der Waals surface area contributed by atoms with Crippen molar-refractivity contribution >= 4 is 9.84 Å². The Morgan fingerprint density at radius 3 is 2.33 bits per heavy atom. The van der Waals surface area contributed by atoms with Gasteiger partial charge in [-0.1, -0.05) is 6.07 Å². The molecule has 0 bridgehead atoms. The average molecular weight is 275 g/mol. The third kappa shape index (κ3) is 2.54. The molecule has 6 heteroatoms. The lowest BCUT2D eigenvalue weighted by atomic mass is 9.81. The van der Waals surface area contributed by atoms with Gasteiger partial charge in [0.15, 0.2) is 9.84 Å². The fourth-order valence-electron chi connectivity index (χ4n) is 2.43. The van der Waals surface area contributed by atoms with Crippen LogP contribution in [0.1, 0.15) is 12.0 Å². The molecule has 1 aliphatic heterocycles. The van der Waals surface area contributed by atoms with Gasteiger partial charge < -0.3 is 5.73 Å². The maximum absolute atomic E-state index is 13.6. The largest absolute Gasteiger partial charge is 0.330 e. The average Bonchev–Trinajstić information content (AvgIpc) is 2.61. The van der Waals surface area contributed by atoms with E-state index in [9.17, 15) is 17.2 Å². The fourth-order valence-corrected chi connectivity index (χ4v) is 4.62. The summed E-state index contributed by atoms with van der Waals surface area (Å²) in [7, 11) is -3.14. The first kappa shape index (κ1) is 13.4. The lowest BCUT2D eigenvalue weighted by Crippen LogP contribution is -2.34. The molecule has 0 spiro atoms. The quantitative estimate of drug-likeness (QED) is 0.903. The predicted octanol–water partition coefficient (Wildman–Crippen LogP) is 1.27.